The van der Waals surface area contributed by atoms with Crippen LogP contribution < -0.4 is 0 Å². The molecule has 9 nitrogen and oxygen atoms in total. The van der Waals surface area contributed by atoms with E-state index >= 15 is 0 Å². The van der Waals surface area contributed by atoms with Crippen molar-refractivity contribution in [2.24, 2.45) is 0 Å². The molecule has 1 unspecified atom stereocenters. The SMILES string of the molecule is CCCC/C=C/CCCCCCCC(=O)O[C@@H](COC(=O)CC/C=C/C/C=C/C/C=C/C/C=C/C/C=C/CCCCC)COP(=O)(O)OCC[N+](C)(C)C. The van der Waals surface area contributed by atoms with Crippen LogP contribution in [0.3, 0.4) is 0 Å². The molecule has 0 saturated carbocycles. The molecule has 0 radical (unpaired) electrons. The van der Waals surface area contributed by atoms with E-state index in [0.717, 1.165) is 64.2 Å². The lowest BCUT2D eigenvalue weighted by atomic mass is 10.1. The Bertz CT molecular complexity index is 1150. The first-order valence-corrected chi connectivity index (χ1v) is 22.2. The maximum absolute atomic E-state index is 12.6. The highest BCUT2D eigenvalue weighted by molar-refractivity contribution is 7.47. The molecule has 0 aromatic carbocycles. The van der Waals surface area contributed by atoms with E-state index in [1.165, 1.54) is 38.5 Å². The van der Waals surface area contributed by atoms with Crippen LogP contribution in [-0.2, 0) is 32.7 Å². The minimum atomic E-state index is -4.39. The normalized spacial score (nSPS) is 14.4. The number of likely N-dealkylation sites (N-methyl/N-ethyl adjacent to an activating group) is 1. The van der Waals surface area contributed by atoms with E-state index in [1.807, 2.05) is 33.3 Å². The third kappa shape index (κ3) is 39.2. The number of carbonyl (C=O) groups is 2. The van der Waals surface area contributed by atoms with Crippen LogP contribution in [0.15, 0.2) is 72.9 Å². The summed E-state index contributed by atoms with van der Waals surface area (Å²) in [6.07, 6.45) is 44.0. The number of ether oxygens (including phenoxy) is 2. The lowest BCUT2D eigenvalue weighted by Crippen LogP contribution is -2.37. The monoisotopic (exact) mass is 779 g/mol. The second-order valence-electron chi connectivity index (χ2n) is 14.7. The van der Waals surface area contributed by atoms with Crippen molar-refractivity contribution in [3.63, 3.8) is 0 Å². The van der Waals surface area contributed by atoms with Crippen LogP contribution in [-0.4, -0.2) is 74.9 Å². The lowest BCUT2D eigenvalue weighted by Gasteiger charge is -2.24. The molecule has 0 aliphatic rings. The summed E-state index contributed by atoms with van der Waals surface area (Å²) < 4.78 is 34.1. The summed E-state index contributed by atoms with van der Waals surface area (Å²) in [5.41, 5.74) is 0. The van der Waals surface area contributed by atoms with E-state index < -0.39 is 32.5 Å². The Balaban J connectivity index is 4.52. The van der Waals surface area contributed by atoms with Gasteiger partial charge < -0.3 is 18.9 Å². The number of esters is 2. The number of rotatable bonds is 36. The van der Waals surface area contributed by atoms with Crippen LogP contribution in [0, 0.1) is 0 Å². The third-order valence-electron chi connectivity index (χ3n) is 8.22. The molecule has 10 heteroatoms. The van der Waals surface area contributed by atoms with E-state index in [-0.39, 0.29) is 26.1 Å². The fraction of sp³-hybridized carbons (Fsp3) is 0.682. The number of phosphoric acid groups is 1. The smallest absolute Gasteiger partial charge is 0.462 e. The number of quaternary nitrogens is 1. The average Bonchev–Trinajstić information content (AvgIpc) is 3.12. The number of allylic oxidation sites excluding steroid dienone is 12. The molecule has 0 amide bonds. The van der Waals surface area contributed by atoms with Crippen LogP contribution in [0.2, 0.25) is 0 Å². The Morgan fingerprint density at radius 1 is 0.574 bits per heavy atom. The minimum absolute atomic E-state index is 0.0157. The molecule has 310 valence electrons. The number of nitrogens with zero attached hydrogens (tertiary/aromatic N) is 1. The van der Waals surface area contributed by atoms with Gasteiger partial charge in [-0.3, -0.25) is 18.6 Å². The largest absolute Gasteiger partial charge is 0.472 e. The molecule has 0 heterocycles. The van der Waals surface area contributed by atoms with Crippen molar-refractivity contribution in [1.29, 1.82) is 0 Å². The topological polar surface area (TPSA) is 108 Å². The number of carbonyl (C=O) groups excluding carboxylic acids is 2. The number of hydrogen-bond acceptors (Lipinski definition) is 7. The van der Waals surface area contributed by atoms with Gasteiger partial charge in [0, 0.05) is 12.8 Å². The summed E-state index contributed by atoms with van der Waals surface area (Å²) >= 11 is 0. The zero-order valence-corrected chi connectivity index (χ0v) is 35.6. The van der Waals surface area contributed by atoms with Crippen LogP contribution in [0.5, 0.6) is 0 Å². The summed E-state index contributed by atoms with van der Waals surface area (Å²) in [7, 11) is 1.42. The molecule has 0 aliphatic carbocycles. The van der Waals surface area contributed by atoms with Gasteiger partial charge in [-0.2, -0.15) is 0 Å². The van der Waals surface area contributed by atoms with Crippen LogP contribution in [0.25, 0.3) is 0 Å². The number of hydrogen-bond donors (Lipinski definition) is 1. The van der Waals surface area contributed by atoms with Gasteiger partial charge in [0.1, 0.15) is 19.8 Å². The molecule has 0 aromatic heterocycles. The van der Waals surface area contributed by atoms with Crippen molar-refractivity contribution in [2.75, 3.05) is 47.5 Å². The van der Waals surface area contributed by atoms with Gasteiger partial charge in [-0.05, 0) is 70.6 Å². The quantitative estimate of drug-likeness (QED) is 0.0220. The number of phosphoric ester groups is 1. The van der Waals surface area contributed by atoms with Gasteiger partial charge in [-0.1, -0.05) is 132 Å². The zero-order valence-electron chi connectivity index (χ0n) is 34.7. The molecule has 0 fully saturated rings. The molecule has 1 N–H and O–H groups in total. The summed E-state index contributed by atoms with van der Waals surface area (Å²) in [6.45, 7) is 4.23. The van der Waals surface area contributed by atoms with Gasteiger partial charge in [0.05, 0.1) is 27.7 Å². The molecule has 0 bridgehead atoms. The molecule has 0 saturated heterocycles. The van der Waals surface area contributed by atoms with E-state index in [1.54, 1.807) is 0 Å². The number of unbranched alkanes of at least 4 members (excludes halogenated alkanes) is 10. The van der Waals surface area contributed by atoms with Crippen molar-refractivity contribution in [3.05, 3.63) is 72.9 Å². The fourth-order valence-electron chi connectivity index (χ4n) is 4.92. The second-order valence-corrected chi connectivity index (χ2v) is 16.1. The average molecular weight is 779 g/mol. The van der Waals surface area contributed by atoms with Crippen LogP contribution >= 0.6 is 7.82 Å². The van der Waals surface area contributed by atoms with Crippen molar-refractivity contribution in [3.8, 4) is 0 Å². The van der Waals surface area contributed by atoms with Crippen molar-refractivity contribution >= 4 is 19.8 Å². The van der Waals surface area contributed by atoms with E-state index in [0.29, 0.717) is 23.9 Å². The first-order chi connectivity index (χ1) is 26.0. The molecular formula is C44H77NO8P+. The standard InChI is InChI=1S/C44H76NO8P/c1-6-8-10-12-14-16-18-19-20-21-22-23-24-25-27-28-30-32-34-36-43(46)50-40-42(41-52-54(48,49)51-39-38-45(3,4)5)53-44(47)37-35-33-31-29-26-17-15-13-11-9-7-2/h13-16,19-20,22-23,25,27,30,32,42H,6-12,17-18,21,24,26,28-29,31,33-41H2,1-5H3/p+1/b15-13+,16-14+,20-19+,23-22+,27-25+,32-30+/t42-/m0/s1. The maximum atomic E-state index is 12.6. The highest BCUT2D eigenvalue weighted by Crippen LogP contribution is 2.43. The zero-order chi connectivity index (χ0) is 40.0. The molecule has 0 aromatic rings. The molecule has 0 rings (SSSR count). The van der Waals surface area contributed by atoms with Gasteiger partial charge in [-0.25, -0.2) is 4.57 Å². The Hall–Kier alpha value is -2.55. The van der Waals surface area contributed by atoms with E-state index in [9.17, 15) is 19.0 Å². The molecule has 0 aliphatic heterocycles. The summed E-state index contributed by atoms with van der Waals surface area (Å²) in [6, 6.07) is 0. The first-order valence-electron chi connectivity index (χ1n) is 20.7. The minimum Gasteiger partial charge on any atom is -0.462 e. The predicted octanol–water partition coefficient (Wildman–Crippen LogP) is 11.5. The Labute approximate surface area is 329 Å². The van der Waals surface area contributed by atoms with Gasteiger partial charge in [0.2, 0.25) is 0 Å². The van der Waals surface area contributed by atoms with Crippen LogP contribution in [0.4, 0.5) is 0 Å². The Morgan fingerprint density at radius 3 is 1.63 bits per heavy atom. The molecule has 0 spiro atoms. The van der Waals surface area contributed by atoms with Gasteiger partial charge in [0.15, 0.2) is 6.10 Å². The molecule has 54 heavy (non-hydrogen) atoms. The highest BCUT2D eigenvalue weighted by atomic mass is 31.2. The Kier molecular flexibility index (Phi) is 34.4. The van der Waals surface area contributed by atoms with Crippen molar-refractivity contribution < 1.29 is 42.1 Å². The van der Waals surface area contributed by atoms with Crippen LogP contribution in [0.1, 0.15) is 142 Å². The van der Waals surface area contributed by atoms with Crippen molar-refractivity contribution in [2.45, 2.75) is 148 Å². The van der Waals surface area contributed by atoms with Gasteiger partial charge in [0.25, 0.3) is 0 Å². The molecular weight excluding hydrogens is 701 g/mol. The lowest BCUT2D eigenvalue weighted by molar-refractivity contribution is -0.870. The summed E-state index contributed by atoms with van der Waals surface area (Å²) in [4.78, 5) is 35.2. The summed E-state index contributed by atoms with van der Waals surface area (Å²) in [5, 5.41) is 0. The fourth-order valence-corrected chi connectivity index (χ4v) is 5.66. The maximum Gasteiger partial charge on any atom is 0.472 e. The predicted molar refractivity (Wildman–Crippen MR) is 224 cm³/mol. The summed E-state index contributed by atoms with van der Waals surface area (Å²) in [5.74, 6) is -0.915. The highest BCUT2D eigenvalue weighted by Gasteiger charge is 2.27. The van der Waals surface area contributed by atoms with Gasteiger partial charge in [-0.15, -0.1) is 0 Å². The van der Waals surface area contributed by atoms with E-state index in [2.05, 4.69) is 74.6 Å². The second kappa shape index (κ2) is 36.1. The van der Waals surface area contributed by atoms with Gasteiger partial charge >= 0.3 is 19.8 Å². The molecule has 2 atom stereocenters. The first kappa shape index (κ1) is 51.5. The van der Waals surface area contributed by atoms with Crippen molar-refractivity contribution in [1.82, 2.24) is 0 Å². The van der Waals surface area contributed by atoms with E-state index in [4.69, 9.17) is 18.5 Å². The Morgan fingerprint density at radius 2 is 1.06 bits per heavy atom. The third-order valence-corrected chi connectivity index (χ3v) is 9.21.